The lowest BCUT2D eigenvalue weighted by Crippen LogP contribution is -2.48. The van der Waals surface area contributed by atoms with Crippen LogP contribution in [-0.2, 0) is 9.59 Å². The number of halogens is 2. The molecule has 0 aromatic heterocycles. The maximum Gasteiger partial charge on any atom is 0.232 e. The summed E-state index contributed by atoms with van der Waals surface area (Å²) < 4.78 is 0. The number of benzene rings is 2. The van der Waals surface area contributed by atoms with E-state index in [1.165, 1.54) is 0 Å². The van der Waals surface area contributed by atoms with Gasteiger partial charge in [0.25, 0.3) is 0 Å². The standard InChI is InChI=1S/C24H23BrClNO3/c1-22(2)23(3)11-12-24(22,19(25)20(23)29)21(30)27-17-10-9-15(26)13-16(17)18(28)14-7-5-4-6-8-14/h4-10,13,19H,11-12H2,1-3H3,(H,27,30)/t19-,23-,24-/m0/s1. The first-order valence-electron chi connectivity index (χ1n) is 9.95. The molecule has 1 N–H and O–H groups in total. The first-order valence-corrected chi connectivity index (χ1v) is 11.2. The van der Waals surface area contributed by atoms with Crippen molar-refractivity contribution in [3.63, 3.8) is 0 Å². The molecule has 2 bridgehead atoms. The van der Waals surface area contributed by atoms with Crippen molar-refractivity contribution < 1.29 is 14.4 Å². The van der Waals surface area contributed by atoms with E-state index in [9.17, 15) is 14.4 Å². The van der Waals surface area contributed by atoms with Gasteiger partial charge in [-0.1, -0.05) is 78.6 Å². The maximum atomic E-state index is 13.7. The average Bonchev–Trinajstić information content (AvgIpc) is 3.00. The van der Waals surface area contributed by atoms with Gasteiger partial charge >= 0.3 is 0 Å². The Morgan fingerprint density at radius 1 is 1.07 bits per heavy atom. The number of fused-ring (bicyclic) bond motifs is 2. The highest BCUT2D eigenvalue weighted by atomic mass is 79.9. The zero-order chi connectivity index (χ0) is 21.9. The topological polar surface area (TPSA) is 63.2 Å². The zero-order valence-electron chi connectivity index (χ0n) is 17.1. The fourth-order valence-corrected chi connectivity index (χ4v) is 6.93. The first kappa shape index (κ1) is 21.3. The van der Waals surface area contributed by atoms with Gasteiger partial charge in [-0.25, -0.2) is 0 Å². The second-order valence-electron chi connectivity index (χ2n) is 8.99. The number of alkyl halides is 1. The molecule has 0 radical (unpaired) electrons. The third-order valence-corrected chi connectivity index (χ3v) is 9.07. The van der Waals surface area contributed by atoms with E-state index in [1.54, 1.807) is 42.5 Å². The third-order valence-electron chi connectivity index (χ3n) is 7.64. The molecule has 2 saturated carbocycles. The van der Waals surface area contributed by atoms with E-state index in [4.69, 9.17) is 11.6 Å². The zero-order valence-corrected chi connectivity index (χ0v) is 19.4. The number of Topliss-reactive ketones (excluding diaryl/α,β-unsaturated/α-hetero) is 1. The Kier molecular flexibility index (Phi) is 4.98. The van der Waals surface area contributed by atoms with Crippen molar-refractivity contribution in [3.05, 3.63) is 64.7 Å². The minimum Gasteiger partial charge on any atom is -0.325 e. The van der Waals surface area contributed by atoms with Crippen LogP contribution in [0.15, 0.2) is 48.5 Å². The molecule has 6 heteroatoms. The summed E-state index contributed by atoms with van der Waals surface area (Å²) in [6.45, 7) is 5.95. The number of carbonyl (C=O) groups excluding carboxylic acids is 3. The molecule has 0 unspecified atom stereocenters. The third kappa shape index (κ3) is 2.68. The molecular weight excluding hydrogens is 466 g/mol. The lowest BCUT2D eigenvalue weighted by Gasteiger charge is -2.39. The van der Waals surface area contributed by atoms with Crippen LogP contribution in [-0.4, -0.2) is 22.3 Å². The monoisotopic (exact) mass is 487 g/mol. The van der Waals surface area contributed by atoms with Gasteiger partial charge in [-0.05, 0) is 36.5 Å². The highest BCUT2D eigenvalue weighted by Gasteiger charge is 2.76. The molecule has 0 heterocycles. The van der Waals surface area contributed by atoms with Gasteiger partial charge in [0.1, 0.15) is 0 Å². The second-order valence-corrected chi connectivity index (χ2v) is 10.3. The van der Waals surface area contributed by atoms with Crippen LogP contribution in [0, 0.1) is 16.2 Å². The molecule has 0 saturated heterocycles. The molecule has 0 aliphatic heterocycles. The van der Waals surface area contributed by atoms with Crippen LogP contribution in [0.1, 0.15) is 49.5 Å². The van der Waals surface area contributed by atoms with E-state index in [0.29, 0.717) is 34.7 Å². The van der Waals surface area contributed by atoms with Crippen LogP contribution < -0.4 is 5.32 Å². The largest absolute Gasteiger partial charge is 0.325 e. The molecule has 2 aliphatic rings. The molecule has 30 heavy (non-hydrogen) atoms. The summed E-state index contributed by atoms with van der Waals surface area (Å²) in [5.74, 6) is -0.390. The number of hydrogen-bond donors (Lipinski definition) is 1. The lowest BCUT2D eigenvalue weighted by atomic mass is 9.64. The van der Waals surface area contributed by atoms with Crippen molar-refractivity contribution in [2.75, 3.05) is 5.32 Å². The maximum absolute atomic E-state index is 13.7. The SMILES string of the molecule is CC1(C)[C@@]2(C)CC[C@@]1(C(=O)Nc1ccc(Cl)cc1C(=O)c1ccccc1)[C@@H](Br)C2=O. The van der Waals surface area contributed by atoms with Crippen LogP contribution in [0.25, 0.3) is 0 Å². The van der Waals surface area contributed by atoms with E-state index < -0.39 is 21.1 Å². The summed E-state index contributed by atoms with van der Waals surface area (Å²) in [7, 11) is 0. The van der Waals surface area contributed by atoms with Gasteiger partial charge in [0.2, 0.25) is 5.91 Å². The van der Waals surface area contributed by atoms with E-state index in [-0.39, 0.29) is 17.5 Å². The number of hydrogen-bond acceptors (Lipinski definition) is 3. The molecule has 2 aromatic rings. The van der Waals surface area contributed by atoms with Crippen molar-refractivity contribution in [2.24, 2.45) is 16.2 Å². The van der Waals surface area contributed by atoms with Crippen LogP contribution in [0.3, 0.4) is 0 Å². The van der Waals surface area contributed by atoms with Crippen LogP contribution >= 0.6 is 27.5 Å². The van der Waals surface area contributed by atoms with Gasteiger partial charge in [0, 0.05) is 21.6 Å². The fourth-order valence-electron chi connectivity index (χ4n) is 5.25. The Bertz CT molecular complexity index is 1070. The normalized spacial score (nSPS) is 29.1. The van der Waals surface area contributed by atoms with Crippen LogP contribution in [0.2, 0.25) is 5.02 Å². The number of anilines is 1. The highest BCUT2D eigenvalue weighted by Crippen LogP contribution is 2.72. The number of amides is 1. The van der Waals surface area contributed by atoms with Gasteiger partial charge in [0.05, 0.1) is 15.9 Å². The minimum absolute atomic E-state index is 0.0746. The van der Waals surface area contributed by atoms with Gasteiger partial charge < -0.3 is 5.32 Å². The van der Waals surface area contributed by atoms with E-state index in [2.05, 4.69) is 21.2 Å². The Hall–Kier alpha value is -1.98. The van der Waals surface area contributed by atoms with Crippen molar-refractivity contribution >= 4 is 50.7 Å². The Morgan fingerprint density at radius 2 is 1.73 bits per heavy atom. The molecule has 3 atom stereocenters. The van der Waals surface area contributed by atoms with E-state index in [1.807, 2.05) is 26.8 Å². The van der Waals surface area contributed by atoms with Crippen LogP contribution in [0.5, 0.6) is 0 Å². The average molecular weight is 489 g/mol. The lowest BCUT2D eigenvalue weighted by molar-refractivity contribution is -0.130. The molecule has 4 nitrogen and oxygen atoms in total. The Balaban J connectivity index is 1.73. The molecule has 4 rings (SSSR count). The smallest absolute Gasteiger partial charge is 0.232 e. The second kappa shape index (κ2) is 7.03. The highest BCUT2D eigenvalue weighted by molar-refractivity contribution is 9.10. The summed E-state index contributed by atoms with van der Waals surface area (Å²) in [6, 6.07) is 13.7. The van der Waals surface area contributed by atoms with Crippen LogP contribution in [0.4, 0.5) is 5.69 Å². The molecular formula is C24H23BrClNO3. The molecule has 156 valence electrons. The van der Waals surface area contributed by atoms with Crippen molar-refractivity contribution in [3.8, 4) is 0 Å². The summed E-state index contributed by atoms with van der Waals surface area (Å²) in [4.78, 5) is 39.2. The Labute approximate surface area is 189 Å². The fraction of sp³-hybridized carbons (Fsp3) is 0.375. The number of ketones is 2. The van der Waals surface area contributed by atoms with Crippen molar-refractivity contribution in [1.29, 1.82) is 0 Å². The Morgan fingerprint density at radius 3 is 2.33 bits per heavy atom. The number of carbonyl (C=O) groups is 3. The van der Waals surface area contributed by atoms with Gasteiger partial charge in [-0.15, -0.1) is 0 Å². The van der Waals surface area contributed by atoms with E-state index in [0.717, 1.165) is 0 Å². The summed E-state index contributed by atoms with van der Waals surface area (Å²) >= 11 is 9.70. The summed E-state index contributed by atoms with van der Waals surface area (Å²) in [6.07, 6.45) is 1.28. The van der Waals surface area contributed by atoms with Crippen molar-refractivity contribution in [2.45, 2.75) is 38.4 Å². The van der Waals surface area contributed by atoms with E-state index >= 15 is 0 Å². The molecule has 0 spiro atoms. The van der Waals surface area contributed by atoms with Gasteiger partial charge in [-0.2, -0.15) is 0 Å². The molecule has 2 aliphatic carbocycles. The quantitative estimate of drug-likeness (QED) is 0.445. The van der Waals surface area contributed by atoms with Crippen molar-refractivity contribution in [1.82, 2.24) is 0 Å². The first-order chi connectivity index (χ1) is 14.1. The summed E-state index contributed by atoms with van der Waals surface area (Å²) in [5.41, 5.74) is -0.724. The predicted octanol–water partition coefficient (Wildman–Crippen LogP) is 5.67. The molecule has 2 fully saturated rings. The molecule has 2 aromatic carbocycles. The number of nitrogens with one attached hydrogen (secondary N) is 1. The minimum atomic E-state index is -0.883. The van der Waals surface area contributed by atoms with Gasteiger partial charge in [0.15, 0.2) is 11.6 Å². The number of rotatable bonds is 4. The summed E-state index contributed by atoms with van der Waals surface area (Å²) in [5, 5.41) is 3.38. The predicted molar refractivity (Wildman–Crippen MR) is 121 cm³/mol. The molecule has 1 amide bonds. The van der Waals surface area contributed by atoms with Gasteiger partial charge in [-0.3, -0.25) is 14.4 Å².